The lowest BCUT2D eigenvalue weighted by Crippen LogP contribution is -2.22. The highest BCUT2D eigenvalue weighted by Gasteiger charge is 2.04. The number of pyridine rings is 1. The van der Waals surface area contributed by atoms with Gasteiger partial charge in [-0.1, -0.05) is 26.0 Å². The Morgan fingerprint density at radius 1 is 0.774 bits per heavy atom. The largest absolute Gasteiger partial charge is 0.412 e. The summed E-state index contributed by atoms with van der Waals surface area (Å²) in [5, 5.41) is 8.36. The molecule has 0 unspecified atom stereocenters. The quantitative estimate of drug-likeness (QED) is 0.248. The van der Waals surface area contributed by atoms with Crippen molar-refractivity contribution < 1.29 is 5.48 Å². The van der Waals surface area contributed by atoms with Crippen molar-refractivity contribution >= 4 is 69.9 Å². The van der Waals surface area contributed by atoms with E-state index in [-0.39, 0.29) is 30.3 Å². The van der Waals surface area contributed by atoms with Crippen LogP contribution in [0.2, 0.25) is 0 Å². The van der Waals surface area contributed by atoms with E-state index in [1.807, 2.05) is 36.4 Å². The maximum Gasteiger partial charge on any atom is 0.193 e. The number of nitrogens with one attached hydrogen (secondary N) is 2. The minimum Gasteiger partial charge on any atom is -0.412 e. The van der Waals surface area contributed by atoms with Gasteiger partial charge in [-0.3, -0.25) is 9.98 Å². The number of nitrogens with zero attached hydrogens (tertiary/aromatic N) is 3. The van der Waals surface area contributed by atoms with E-state index in [0.29, 0.717) is 25.0 Å². The Morgan fingerprint density at radius 2 is 1.19 bits per heavy atom. The SMILES string of the molecule is CCCN=C(N)Nc1ccc2cc3ccc(NC(N)=NCCC)cc3nc2c1.Cl.Cl.O. The molecule has 0 radical (unpaired) electrons. The van der Waals surface area contributed by atoms with Gasteiger partial charge in [-0.05, 0) is 43.2 Å². The van der Waals surface area contributed by atoms with Crippen LogP contribution in [0.15, 0.2) is 52.4 Å². The molecule has 0 fully saturated rings. The Labute approximate surface area is 194 Å². The van der Waals surface area contributed by atoms with Crippen LogP contribution in [0.3, 0.4) is 0 Å². The van der Waals surface area contributed by atoms with Crippen molar-refractivity contribution in [2.24, 2.45) is 21.5 Å². The van der Waals surface area contributed by atoms with Gasteiger partial charge in [-0.2, -0.15) is 0 Å². The average molecular weight is 468 g/mol. The number of benzene rings is 2. The number of fused-ring (bicyclic) bond motifs is 2. The fourth-order valence-corrected chi connectivity index (χ4v) is 2.82. The van der Waals surface area contributed by atoms with E-state index in [2.05, 4.69) is 40.5 Å². The minimum absolute atomic E-state index is 0. The Balaban J connectivity index is 0.00000300. The molecule has 0 aliphatic rings. The first-order chi connectivity index (χ1) is 13.6. The molecule has 0 spiro atoms. The van der Waals surface area contributed by atoms with Crippen LogP contribution in [-0.2, 0) is 0 Å². The number of nitrogens with two attached hydrogens (primary N) is 2. The van der Waals surface area contributed by atoms with Crippen molar-refractivity contribution in [3.05, 3.63) is 42.5 Å². The summed E-state index contributed by atoms with van der Waals surface area (Å²) in [4.78, 5) is 13.3. The van der Waals surface area contributed by atoms with Gasteiger partial charge in [-0.15, -0.1) is 24.8 Å². The molecule has 0 saturated carbocycles. The van der Waals surface area contributed by atoms with Crippen molar-refractivity contribution in [1.29, 1.82) is 0 Å². The van der Waals surface area contributed by atoms with E-state index >= 15 is 0 Å². The van der Waals surface area contributed by atoms with E-state index in [1.54, 1.807) is 0 Å². The number of guanidine groups is 2. The lowest BCUT2D eigenvalue weighted by atomic mass is 10.1. The molecule has 10 heteroatoms. The molecule has 8 nitrogen and oxygen atoms in total. The number of hydrogen-bond donors (Lipinski definition) is 4. The number of aromatic nitrogens is 1. The monoisotopic (exact) mass is 467 g/mol. The fourth-order valence-electron chi connectivity index (χ4n) is 2.82. The van der Waals surface area contributed by atoms with Gasteiger partial charge >= 0.3 is 0 Å². The topological polar surface area (TPSA) is 145 Å². The lowest BCUT2D eigenvalue weighted by Gasteiger charge is -2.09. The highest BCUT2D eigenvalue weighted by molar-refractivity contribution is 5.99. The van der Waals surface area contributed by atoms with Crippen LogP contribution in [0.5, 0.6) is 0 Å². The molecule has 3 rings (SSSR count). The second-order valence-electron chi connectivity index (χ2n) is 6.59. The zero-order valence-corrected chi connectivity index (χ0v) is 19.3. The molecular weight excluding hydrogens is 437 g/mol. The first-order valence-corrected chi connectivity index (χ1v) is 9.57. The summed E-state index contributed by atoms with van der Waals surface area (Å²) < 4.78 is 0. The van der Waals surface area contributed by atoms with Gasteiger partial charge in [0.15, 0.2) is 11.9 Å². The van der Waals surface area contributed by atoms with Gasteiger partial charge in [0.25, 0.3) is 0 Å². The number of hydrogen-bond acceptors (Lipinski definition) is 3. The van der Waals surface area contributed by atoms with Crippen molar-refractivity contribution in [1.82, 2.24) is 4.98 Å². The molecule has 0 aliphatic carbocycles. The van der Waals surface area contributed by atoms with Crippen LogP contribution in [0.1, 0.15) is 26.7 Å². The normalized spacial score (nSPS) is 11.3. The molecule has 3 aromatic rings. The molecule has 0 bridgehead atoms. The molecule has 0 atom stereocenters. The van der Waals surface area contributed by atoms with Crippen molar-refractivity contribution in [3.8, 4) is 0 Å². The van der Waals surface area contributed by atoms with Crippen LogP contribution in [0, 0.1) is 0 Å². The summed E-state index contributed by atoms with van der Waals surface area (Å²) in [5.41, 5.74) is 15.3. The molecule has 31 heavy (non-hydrogen) atoms. The van der Waals surface area contributed by atoms with Crippen molar-refractivity contribution in [2.75, 3.05) is 23.7 Å². The molecule has 0 saturated heterocycles. The van der Waals surface area contributed by atoms with Gasteiger partial charge in [0.1, 0.15) is 0 Å². The highest BCUT2D eigenvalue weighted by Crippen LogP contribution is 2.24. The predicted octanol–water partition coefficient (Wildman–Crippen LogP) is 3.68. The molecular formula is C21H31Cl2N7O. The Hall–Kier alpha value is -2.81. The van der Waals surface area contributed by atoms with Gasteiger partial charge in [-0.25, -0.2) is 4.98 Å². The smallest absolute Gasteiger partial charge is 0.193 e. The zero-order chi connectivity index (χ0) is 19.9. The van der Waals surface area contributed by atoms with Crippen molar-refractivity contribution in [3.63, 3.8) is 0 Å². The minimum atomic E-state index is 0. The molecule has 8 N–H and O–H groups in total. The summed E-state index contributed by atoms with van der Waals surface area (Å²) in [7, 11) is 0. The van der Waals surface area contributed by atoms with Gasteiger partial charge in [0.05, 0.1) is 11.0 Å². The first kappa shape index (κ1) is 28.2. The second kappa shape index (κ2) is 13.5. The van der Waals surface area contributed by atoms with E-state index < -0.39 is 0 Å². The maximum absolute atomic E-state index is 5.91. The predicted molar refractivity (Wildman–Crippen MR) is 138 cm³/mol. The van der Waals surface area contributed by atoms with Crippen molar-refractivity contribution in [2.45, 2.75) is 26.7 Å². The van der Waals surface area contributed by atoms with Crippen LogP contribution >= 0.6 is 24.8 Å². The number of halogens is 2. The Kier molecular flexibility index (Phi) is 12.3. The van der Waals surface area contributed by atoms with Gasteiger partial charge in [0, 0.05) is 35.2 Å². The summed E-state index contributed by atoms with van der Waals surface area (Å²) in [6, 6.07) is 14.1. The van der Waals surface area contributed by atoms with Crippen LogP contribution in [0.4, 0.5) is 11.4 Å². The summed E-state index contributed by atoms with van der Waals surface area (Å²) in [5.74, 6) is 0.825. The molecule has 0 aliphatic heterocycles. The molecule has 1 aromatic heterocycles. The van der Waals surface area contributed by atoms with Gasteiger partial charge < -0.3 is 27.6 Å². The first-order valence-electron chi connectivity index (χ1n) is 9.57. The van der Waals surface area contributed by atoms with Crippen LogP contribution in [0.25, 0.3) is 21.8 Å². The second-order valence-corrected chi connectivity index (χ2v) is 6.59. The number of anilines is 2. The molecule has 1 heterocycles. The fraction of sp³-hybridized carbons (Fsp3) is 0.286. The van der Waals surface area contributed by atoms with E-state index in [4.69, 9.17) is 16.5 Å². The average Bonchev–Trinajstić information content (AvgIpc) is 2.69. The van der Waals surface area contributed by atoms with E-state index in [9.17, 15) is 0 Å². The summed E-state index contributed by atoms with van der Waals surface area (Å²) in [6.07, 6.45) is 1.91. The lowest BCUT2D eigenvalue weighted by molar-refractivity contribution is 0.824. The van der Waals surface area contributed by atoms with Crippen LogP contribution in [-0.4, -0.2) is 35.5 Å². The van der Waals surface area contributed by atoms with Gasteiger partial charge in [0.2, 0.25) is 0 Å². The standard InChI is InChI=1S/C21H27N7.2ClH.H2O/c1-3-9-24-20(22)26-16-7-5-14-11-15-6-8-17(27-21(23)25-10-4-2)13-19(15)28-18(14)12-16;;;/h5-8,11-13H,3-4,9-10H2,1-2H3,(H3,22,24,26)(H3,23,25,27);2*1H;1H2. The third-order valence-electron chi connectivity index (χ3n) is 4.17. The Morgan fingerprint density at radius 3 is 1.58 bits per heavy atom. The highest BCUT2D eigenvalue weighted by atomic mass is 35.5. The third kappa shape index (κ3) is 7.75. The van der Waals surface area contributed by atoms with E-state index in [0.717, 1.165) is 46.0 Å². The Bertz CT molecular complexity index is 962. The van der Waals surface area contributed by atoms with E-state index in [1.165, 1.54) is 0 Å². The third-order valence-corrected chi connectivity index (χ3v) is 4.17. The molecule has 2 aromatic carbocycles. The number of aliphatic imine (C=N–C) groups is 2. The van der Waals surface area contributed by atoms with Crippen LogP contribution < -0.4 is 22.1 Å². The molecule has 170 valence electrons. The molecule has 0 amide bonds. The summed E-state index contributed by atoms with van der Waals surface area (Å²) >= 11 is 0. The zero-order valence-electron chi connectivity index (χ0n) is 17.7. The summed E-state index contributed by atoms with van der Waals surface area (Å²) in [6.45, 7) is 5.54. The number of rotatable bonds is 6. The maximum atomic E-state index is 5.91.